The Labute approximate surface area is 210 Å². The van der Waals surface area contributed by atoms with Gasteiger partial charge in [0.15, 0.2) is 0 Å². The normalized spacial score (nSPS) is 15.9. The molecular formula is C31H29N3O2. The molecule has 0 bridgehead atoms. The largest absolute Gasteiger partial charge is 0.492 e. The topological polar surface area (TPSA) is 66.5 Å². The summed E-state index contributed by atoms with van der Waals surface area (Å²) < 4.78 is 5.71. The fourth-order valence-corrected chi connectivity index (χ4v) is 5.29. The summed E-state index contributed by atoms with van der Waals surface area (Å²) in [5.41, 5.74) is 6.25. The predicted molar refractivity (Wildman–Crippen MR) is 146 cm³/mol. The van der Waals surface area contributed by atoms with E-state index in [-0.39, 0.29) is 11.4 Å². The van der Waals surface area contributed by atoms with Gasteiger partial charge in [-0.15, -0.1) is 0 Å². The number of hydrogen-bond acceptors (Lipinski definition) is 3. The third kappa shape index (κ3) is 4.11. The number of H-pyrrole nitrogens is 1. The van der Waals surface area contributed by atoms with Crippen molar-refractivity contribution in [2.45, 2.75) is 31.2 Å². The first-order valence-electron chi connectivity index (χ1n) is 12.7. The molecule has 1 aliphatic carbocycles. The second-order valence-electron chi connectivity index (χ2n) is 9.47. The van der Waals surface area contributed by atoms with Crippen LogP contribution in [-0.2, 0) is 0 Å². The van der Waals surface area contributed by atoms with Crippen LogP contribution in [0.3, 0.4) is 0 Å². The highest BCUT2D eigenvalue weighted by atomic mass is 16.5. The minimum Gasteiger partial charge on any atom is -0.492 e. The molecule has 0 saturated heterocycles. The van der Waals surface area contributed by atoms with Crippen molar-refractivity contribution in [2.24, 2.45) is 4.99 Å². The van der Waals surface area contributed by atoms with Gasteiger partial charge in [-0.25, -0.2) is 0 Å². The number of nitrogens with zero attached hydrogens (tertiary/aromatic N) is 1. The highest BCUT2D eigenvalue weighted by molar-refractivity contribution is 6.06. The quantitative estimate of drug-likeness (QED) is 0.303. The van der Waals surface area contributed by atoms with Crippen LogP contribution < -0.4 is 10.1 Å². The number of rotatable bonds is 7. The van der Waals surface area contributed by atoms with Crippen LogP contribution >= 0.6 is 0 Å². The maximum absolute atomic E-state index is 13.0. The van der Waals surface area contributed by atoms with Crippen LogP contribution in [0.5, 0.6) is 5.75 Å². The lowest BCUT2D eigenvalue weighted by atomic mass is 9.69. The van der Waals surface area contributed by atoms with Gasteiger partial charge in [-0.1, -0.05) is 54.6 Å². The van der Waals surface area contributed by atoms with E-state index in [1.165, 1.54) is 12.0 Å². The first kappa shape index (κ1) is 22.4. The average Bonchev–Trinajstić information content (AvgIpc) is 3.29. The van der Waals surface area contributed by atoms with E-state index in [0.29, 0.717) is 18.7 Å². The van der Waals surface area contributed by atoms with Crippen molar-refractivity contribution in [1.82, 2.24) is 10.3 Å². The Morgan fingerprint density at radius 2 is 1.78 bits per heavy atom. The Hall–Kier alpha value is -4.12. The zero-order valence-electron chi connectivity index (χ0n) is 20.2. The van der Waals surface area contributed by atoms with Crippen LogP contribution in [0.2, 0.25) is 0 Å². The van der Waals surface area contributed by atoms with Crippen molar-refractivity contribution in [1.29, 1.82) is 0 Å². The fraction of sp³-hybridized carbons (Fsp3) is 0.226. The molecule has 5 heteroatoms. The number of benzene rings is 3. The number of carbonyl (C=O) groups is 1. The molecule has 1 amide bonds. The van der Waals surface area contributed by atoms with Crippen molar-refractivity contribution in [3.05, 3.63) is 96.2 Å². The summed E-state index contributed by atoms with van der Waals surface area (Å²) in [6.45, 7) is 0.849. The molecule has 5 nitrogen and oxygen atoms in total. The summed E-state index contributed by atoms with van der Waals surface area (Å²) in [6, 6.07) is 26.0. The number of aromatic amines is 1. The van der Waals surface area contributed by atoms with Gasteiger partial charge in [-0.05, 0) is 55.2 Å². The molecule has 1 fully saturated rings. The van der Waals surface area contributed by atoms with Crippen LogP contribution in [0.15, 0.2) is 89.9 Å². The molecule has 1 saturated carbocycles. The zero-order chi connectivity index (χ0) is 24.4. The SMILES string of the molecule is O=C(NCCOc1ccccc1)c1ccc2[nH]c(C3=CCC=NC34CCC4)c(-c3ccccc3)c2c1. The Morgan fingerprint density at radius 3 is 2.53 bits per heavy atom. The number of ether oxygens (including phenoxy) is 1. The highest BCUT2D eigenvalue weighted by Crippen LogP contribution is 2.50. The zero-order valence-corrected chi connectivity index (χ0v) is 20.2. The molecule has 180 valence electrons. The second kappa shape index (κ2) is 9.50. The number of nitrogens with one attached hydrogen (secondary N) is 2. The summed E-state index contributed by atoms with van der Waals surface area (Å²) in [5, 5.41) is 4.04. The minimum absolute atomic E-state index is 0.104. The molecule has 0 unspecified atom stereocenters. The van der Waals surface area contributed by atoms with E-state index >= 15 is 0 Å². The highest BCUT2D eigenvalue weighted by Gasteiger charge is 2.42. The summed E-state index contributed by atoms with van der Waals surface area (Å²) in [6.07, 6.45) is 8.59. The van der Waals surface area contributed by atoms with E-state index < -0.39 is 0 Å². The molecule has 1 aromatic heterocycles. The van der Waals surface area contributed by atoms with Gasteiger partial charge in [0.1, 0.15) is 12.4 Å². The molecular weight excluding hydrogens is 446 g/mol. The lowest BCUT2D eigenvalue weighted by Gasteiger charge is -2.42. The molecule has 0 atom stereocenters. The fourth-order valence-electron chi connectivity index (χ4n) is 5.29. The maximum atomic E-state index is 13.0. The van der Waals surface area contributed by atoms with E-state index in [4.69, 9.17) is 9.73 Å². The van der Waals surface area contributed by atoms with Gasteiger partial charge in [0, 0.05) is 40.2 Å². The van der Waals surface area contributed by atoms with E-state index in [1.54, 1.807) is 0 Å². The number of para-hydroxylation sites is 1. The van der Waals surface area contributed by atoms with Gasteiger partial charge in [0.05, 0.1) is 17.8 Å². The molecule has 2 aliphatic rings. The lowest BCUT2D eigenvalue weighted by molar-refractivity contribution is 0.0947. The molecule has 0 radical (unpaired) electrons. The molecule has 4 aromatic rings. The predicted octanol–water partition coefficient (Wildman–Crippen LogP) is 6.42. The number of hydrogen-bond donors (Lipinski definition) is 2. The van der Waals surface area contributed by atoms with Crippen molar-refractivity contribution in [2.75, 3.05) is 13.2 Å². The van der Waals surface area contributed by atoms with Crippen molar-refractivity contribution >= 4 is 28.6 Å². The molecule has 1 aliphatic heterocycles. The van der Waals surface area contributed by atoms with Crippen molar-refractivity contribution < 1.29 is 9.53 Å². The standard InChI is InChI=1S/C31H29N3O2/c35-30(32-19-20-36-24-11-5-2-6-12-24)23-14-15-27-25(21-23)28(22-9-3-1-4-10-22)29(34-27)26-13-7-18-33-31(26)16-8-17-31/h1-6,9-15,18,21,34H,7-8,16-17,19-20H2,(H,32,35). The van der Waals surface area contributed by atoms with E-state index in [2.05, 4.69) is 46.9 Å². The number of aliphatic imine (C=N–C) groups is 1. The number of allylic oxidation sites excluding steroid dienone is 1. The number of amides is 1. The number of dihydropyridines is 1. The van der Waals surface area contributed by atoms with Gasteiger partial charge in [-0.2, -0.15) is 0 Å². The first-order chi connectivity index (χ1) is 17.7. The third-order valence-electron chi connectivity index (χ3n) is 7.24. The minimum atomic E-state index is -0.110. The second-order valence-corrected chi connectivity index (χ2v) is 9.47. The Kier molecular flexibility index (Phi) is 5.90. The summed E-state index contributed by atoms with van der Waals surface area (Å²) in [7, 11) is 0. The molecule has 36 heavy (non-hydrogen) atoms. The van der Waals surface area contributed by atoms with Gasteiger partial charge in [0.25, 0.3) is 5.91 Å². The maximum Gasteiger partial charge on any atom is 0.251 e. The van der Waals surface area contributed by atoms with Crippen molar-refractivity contribution in [3.63, 3.8) is 0 Å². The Balaban J connectivity index is 1.31. The van der Waals surface area contributed by atoms with Crippen LogP contribution in [-0.4, -0.2) is 35.8 Å². The summed E-state index contributed by atoms with van der Waals surface area (Å²) >= 11 is 0. The van der Waals surface area contributed by atoms with Gasteiger partial charge < -0.3 is 15.0 Å². The molecule has 2 N–H and O–H groups in total. The van der Waals surface area contributed by atoms with E-state index in [9.17, 15) is 4.79 Å². The average molecular weight is 476 g/mol. The van der Waals surface area contributed by atoms with Gasteiger partial charge in [0.2, 0.25) is 0 Å². The summed E-state index contributed by atoms with van der Waals surface area (Å²) in [4.78, 5) is 21.7. The van der Waals surface area contributed by atoms with E-state index in [0.717, 1.165) is 52.7 Å². The Morgan fingerprint density at radius 1 is 1.00 bits per heavy atom. The number of carbonyl (C=O) groups excluding carboxylic acids is 1. The summed E-state index contributed by atoms with van der Waals surface area (Å²) in [5.74, 6) is 0.693. The van der Waals surface area contributed by atoms with Crippen LogP contribution in [0, 0.1) is 0 Å². The number of aromatic nitrogens is 1. The van der Waals surface area contributed by atoms with Crippen LogP contribution in [0.25, 0.3) is 27.6 Å². The lowest BCUT2D eigenvalue weighted by Crippen LogP contribution is -2.38. The van der Waals surface area contributed by atoms with Crippen molar-refractivity contribution in [3.8, 4) is 16.9 Å². The smallest absolute Gasteiger partial charge is 0.251 e. The molecule has 1 spiro atoms. The monoisotopic (exact) mass is 475 g/mol. The molecule has 3 aromatic carbocycles. The Bertz CT molecular complexity index is 1450. The molecule has 6 rings (SSSR count). The van der Waals surface area contributed by atoms with Crippen LogP contribution in [0.4, 0.5) is 0 Å². The first-order valence-corrected chi connectivity index (χ1v) is 12.7. The van der Waals surface area contributed by atoms with Crippen LogP contribution in [0.1, 0.15) is 41.7 Å². The van der Waals surface area contributed by atoms with Gasteiger partial charge >= 0.3 is 0 Å². The van der Waals surface area contributed by atoms with Gasteiger partial charge in [-0.3, -0.25) is 9.79 Å². The third-order valence-corrected chi connectivity index (χ3v) is 7.24. The van der Waals surface area contributed by atoms with E-state index in [1.807, 2.05) is 54.6 Å². The number of fused-ring (bicyclic) bond motifs is 1. The molecule has 2 heterocycles.